The zero-order chi connectivity index (χ0) is 15.6. The Labute approximate surface area is 124 Å². The number of rotatable bonds is 5. The fourth-order valence-corrected chi connectivity index (χ4v) is 2.47. The van der Waals surface area contributed by atoms with Gasteiger partial charge >= 0.3 is 6.03 Å². The molecule has 0 aliphatic carbocycles. The largest absolute Gasteiger partial charge is 0.496 e. The van der Waals surface area contributed by atoms with Gasteiger partial charge in [0.1, 0.15) is 11.3 Å². The number of hydrogen-bond acceptors (Lipinski definition) is 4. The van der Waals surface area contributed by atoms with Crippen LogP contribution in [0.1, 0.15) is 18.1 Å². The van der Waals surface area contributed by atoms with Crippen LogP contribution in [-0.2, 0) is 15.1 Å². The van der Waals surface area contributed by atoms with Crippen LogP contribution in [0, 0.1) is 6.92 Å². The molecule has 0 spiro atoms. The van der Waals surface area contributed by atoms with Gasteiger partial charge in [0, 0.05) is 7.11 Å². The minimum absolute atomic E-state index is 0.242. The third kappa shape index (κ3) is 2.58. The van der Waals surface area contributed by atoms with Crippen LogP contribution < -0.4 is 10.1 Å². The van der Waals surface area contributed by atoms with Crippen LogP contribution in [0.15, 0.2) is 18.2 Å². The first-order valence-corrected chi connectivity index (χ1v) is 6.72. The first-order valence-electron chi connectivity index (χ1n) is 6.72. The zero-order valence-corrected chi connectivity index (χ0v) is 12.7. The van der Waals surface area contributed by atoms with Crippen LogP contribution in [-0.4, -0.2) is 44.2 Å². The highest BCUT2D eigenvalue weighted by atomic mass is 16.5. The summed E-state index contributed by atoms with van der Waals surface area (Å²) < 4.78 is 10.2. The molecule has 1 atom stereocenters. The Morgan fingerprint density at radius 1 is 1.29 bits per heavy atom. The van der Waals surface area contributed by atoms with E-state index in [0.29, 0.717) is 6.61 Å². The van der Waals surface area contributed by atoms with Crippen molar-refractivity contribution in [3.63, 3.8) is 0 Å². The van der Waals surface area contributed by atoms with Gasteiger partial charge in [-0.25, -0.2) is 4.79 Å². The van der Waals surface area contributed by atoms with Crippen LogP contribution in [0.3, 0.4) is 0 Å². The monoisotopic (exact) mass is 292 g/mol. The average Bonchev–Trinajstić information content (AvgIpc) is 2.68. The number of carbonyl (C=O) groups is 2. The molecule has 1 aromatic rings. The second-order valence-electron chi connectivity index (χ2n) is 5.19. The molecule has 1 N–H and O–H groups in total. The van der Waals surface area contributed by atoms with E-state index < -0.39 is 11.6 Å². The van der Waals surface area contributed by atoms with Gasteiger partial charge in [-0.15, -0.1) is 0 Å². The molecule has 1 heterocycles. The minimum atomic E-state index is -1.05. The predicted octanol–water partition coefficient (Wildman–Crippen LogP) is 1.42. The summed E-state index contributed by atoms with van der Waals surface area (Å²) in [5.74, 6) is 0.476. The maximum atomic E-state index is 12.6. The number of ether oxygens (including phenoxy) is 2. The summed E-state index contributed by atoms with van der Waals surface area (Å²) in [6.45, 7) is 4.17. The van der Waals surface area contributed by atoms with E-state index in [4.69, 9.17) is 9.47 Å². The van der Waals surface area contributed by atoms with Crippen LogP contribution in [0.25, 0.3) is 0 Å². The third-order valence-corrected chi connectivity index (χ3v) is 3.77. The summed E-state index contributed by atoms with van der Waals surface area (Å²) in [5.41, 5.74) is 0.592. The number of nitrogens with zero attached hydrogens (tertiary/aromatic N) is 1. The van der Waals surface area contributed by atoms with E-state index in [1.807, 2.05) is 13.0 Å². The standard InChI is InChI=1S/C15H20N2O4/c1-10-9-11(5-6-12(10)21-4)15(2)13(18)17(7-8-20-3)14(19)16-15/h5-6,9H,7-8H2,1-4H3,(H,16,19). The third-order valence-electron chi connectivity index (χ3n) is 3.77. The summed E-state index contributed by atoms with van der Waals surface area (Å²) in [5, 5.41) is 2.76. The van der Waals surface area contributed by atoms with Crippen molar-refractivity contribution in [1.29, 1.82) is 0 Å². The highest BCUT2D eigenvalue weighted by Gasteiger charge is 2.48. The van der Waals surface area contributed by atoms with Crippen LogP contribution in [0.2, 0.25) is 0 Å². The van der Waals surface area contributed by atoms with Crippen molar-refractivity contribution >= 4 is 11.9 Å². The molecule has 0 saturated carbocycles. The van der Waals surface area contributed by atoms with E-state index in [-0.39, 0.29) is 12.5 Å². The first kappa shape index (κ1) is 15.3. The Hall–Kier alpha value is -2.08. The summed E-state index contributed by atoms with van der Waals surface area (Å²) >= 11 is 0. The smallest absolute Gasteiger partial charge is 0.325 e. The van der Waals surface area contributed by atoms with Gasteiger partial charge in [0.25, 0.3) is 5.91 Å². The molecule has 1 aliphatic rings. The molecule has 1 aromatic carbocycles. The van der Waals surface area contributed by atoms with E-state index in [0.717, 1.165) is 16.9 Å². The molecule has 2 rings (SSSR count). The molecule has 1 fully saturated rings. The molecular weight excluding hydrogens is 272 g/mol. The Morgan fingerprint density at radius 2 is 2.00 bits per heavy atom. The second kappa shape index (κ2) is 5.73. The maximum Gasteiger partial charge on any atom is 0.325 e. The SMILES string of the molecule is COCCN1C(=O)NC(C)(c2ccc(OC)c(C)c2)C1=O. The number of amides is 3. The Kier molecular flexibility index (Phi) is 4.18. The molecule has 6 nitrogen and oxygen atoms in total. The molecule has 1 saturated heterocycles. The van der Waals surface area contributed by atoms with Crippen molar-refractivity contribution in [2.75, 3.05) is 27.4 Å². The maximum absolute atomic E-state index is 12.6. The van der Waals surface area contributed by atoms with E-state index in [9.17, 15) is 9.59 Å². The average molecular weight is 292 g/mol. The number of carbonyl (C=O) groups excluding carboxylic acids is 2. The number of imide groups is 1. The molecule has 6 heteroatoms. The molecular formula is C15H20N2O4. The van der Waals surface area contributed by atoms with Gasteiger partial charge in [0.15, 0.2) is 0 Å². The number of hydrogen-bond donors (Lipinski definition) is 1. The van der Waals surface area contributed by atoms with Gasteiger partial charge in [-0.05, 0) is 37.1 Å². The van der Waals surface area contributed by atoms with Crippen molar-refractivity contribution in [2.45, 2.75) is 19.4 Å². The lowest BCUT2D eigenvalue weighted by Crippen LogP contribution is -2.41. The second-order valence-corrected chi connectivity index (χ2v) is 5.19. The first-order chi connectivity index (χ1) is 9.93. The van der Waals surface area contributed by atoms with E-state index in [1.165, 1.54) is 12.0 Å². The lowest BCUT2D eigenvalue weighted by molar-refractivity contribution is -0.131. The number of methoxy groups -OCH3 is 2. The molecule has 3 amide bonds. The predicted molar refractivity (Wildman–Crippen MR) is 77.2 cm³/mol. The molecule has 0 bridgehead atoms. The quantitative estimate of drug-likeness (QED) is 0.833. The van der Waals surface area contributed by atoms with E-state index in [1.54, 1.807) is 26.2 Å². The van der Waals surface area contributed by atoms with E-state index in [2.05, 4.69) is 5.32 Å². The Morgan fingerprint density at radius 3 is 2.57 bits per heavy atom. The summed E-state index contributed by atoms with van der Waals surface area (Å²) in [4.78, 5) is 25.8. The van der Waals surface area contributed by atoms with Gasteiger partial charge < -0.3 is 14.8 Å². The summed E-state index contributed by atoms with van der Waals surface area (Å²) in [6.07, 6.45) is 0. The zero-order valence-electron chi connectivity index (χ0n) is 12.7. The Bertz CT molecular complexity index is 573. The van der Waals surface area contributed by atoms with Gasteiger partial charge in [-0.1, -0.05) is 6.07 Å². The fraction of sp³-hybridized carbons (Fsp3) is 0.467. The van der Waals surface area contributed by atoms with Crippen molar-refractivity contribution in [3.05, 3.63) is 29.3 Å². The molecule has 21 heavy (non-hydrogen) atoms. The lowest BCUT2D eigenvalue weighted by Gasteiger charge is -2.23. The topological polar surface area (TPSA) is 67.9 Å². The van der Waals surface area contributed by atoms with Crippen LogP contribution >= 0.6 is 0 Å². The number of urea groups is 1. The number of aryl methyl sites for hydroxylation is 1. The number of nitrogens with one attached hydrogen (secondary N) is 1. The van der Waals surface area contributed by atoms with E-state index >= 15 is 0 Å². The Balaban J connectivity index is 2.32. The van der Waals surface area contributed by atoms with Crippen LogP contribution in [0.4, 0.5) is 4.79 Å². The summed E-state index contributed by atoms with van der Waals surface area (Å²) in [7, 11) is 3.13. The van der Waals surface area contributed by atoms with Crippen molar-refractivity contribution in [1.82, 2.24) is 10.2 Å². The van der Waals surface area contributed by atoms with Gasteiger partial charge in [-0.3, -0.25) is 9.69 Å². The summed E-state index contributed by atoms with van der Waals surface area (Å²) in [6, 6.07) is 5.06. The normalized spacial score (nSPS) is 21.6. The number of benzene rings is 1. The minimum Gasteiger partial charge on any atom is -0.496 e. The van der Waals surface area contributed by atoms with Gasteiger partial charge in [-0.2, -0.15) is 0 Å². The highest BCUT2D eigenvalue weighted by molar-refractivity contribution is 6.07. The molecule has 1 unspecified atom stereocenters. The van der Waals surface area contributed by atoms with Crippen molar-refractivity contribution < 1.29 is 19.1 Å². The molecule has 1 aliphatic heterocycles. The van der Waals surface area contributed by atoms with Gasteiger partial charge in [0.2, 0.25) is 0 Å². The molecule has 114 valence electrons. The highest BCUT2D eigenvalue weighted by Crippen LogP contribution is 2.31. The fourth-order valence-electron chi connectivity index (χ4n) is 2.47. The van der Waals surface area contributed by atoms with Crippen LogP contribution in [0.5, 0.6) is 5.75 Å². The lowest BCUT2D eigenvalue weighted by atomic mass is 9.90. The van der Waals surface area contributed by atoms with Crippen molar-refractivity contribution in [3.8, 4) is 5.75 Å². The molecule has 0 radical (unpaired) electrons. The molecule has 0 aromatic heterocycles. The van der Waals surface area contributed by atoms with Gasteiger partial charge in [0.05, 0.1) is 20.3 Å². The van der Waals surface area contributed by atoms with Crippen molar-refractivity contribution in [2.24, 2.45) is 0 Å².